The fraction of sp³-hybridized carbons (Fsp3) is 1.00. The standard InChI is InChI=1S/C13H26N2O2/c1-11(2)9-14-4-6-15(7-5-14)12-3-8-17-10-13(12)16/h11-13,16H,3-10H2,1-2H3. The van der Waals surface area contributed by atoms with Crippen molar-refractivity contribution in [1.82, 2.24) is 9.80 Å². The Kier molecular flexibility index (Phi) is 4.79. The Morgan fingerprint density at radius 2 is 1.94 bits per heavy atom. The lowest BCUT2D eigenvalue weighted by molar-refractivity contribution is -0.0737. The van der Waals surface area contributed by atoms with Crippen LogP contribution in [0.3, 0.4) is 0 Å². The summed E-state index contributed by atoms with van der Waals surface area (Å²) in [4.78, 5) is 4.98. The molecular weight excluding hydrogens is 216 g/mol. The van der Waals surface area contributed by atoms with Gasteiger partial charge in [0.25, 0.3) is 0 Å². The van der Waals surface area contributed by atoms with E-state index in [9.17, 15) is 5.11 Å². The van der Waals surface area contributed by atoms with Crippen LogP contribution in [-0.4, -0.2) is 73.0 Å². The summed E-state index contributed by atoms with van der Waals surface area (Å²) in [6.07, 6.45) is 0.686. The Bertz CT molecular complexity index is 227. The maximum Gasteiger partial charge on any atom is 0.0929 e. The quantitative estimate of drug-likeness (QED) is 0.777. The van der Waals surface area contributed by atoms with Gasteiger partial charge in [0.1, 0.15) is 0 Å². The molecule has 2 aliphatic rings. The van der Waals surface area contributed by atoms with Crippen molar-refractivity contribution in [2.45, 2.75) is 32.4 Å². The number of aliphatic hydroxyl groups is 1. The number of piperazine rings is 1. The second kappa shape index (κ2) is 6.14. The Balaban J connectivity index is 1.78. The molecule has 2 aliphatic heterocycles. The van der Waals surface area contributed by atoms with E-state index < -0.39 is 0 Å². The number of hydrogen-bond donors (Lipinski definition) is 1. The molecule has 0 aromatic carbocycles. The average Bonchev–Trinajstić information content (AvgIpc) is 2.30. The summed E-state index contributed by atoms with van der Waals surface area (Å²) < 4.78 is 5.29. The summed E-state index contributed by atoms with van der Waals surface area (Å²) in [6, 6.07) is 0.324. The van der Waals surface area contributed by atoms with Crippen LogP contribution in [0.1, 0.15) is 20.3 Å². The molecule has 0 aromatic rings. The fourth-order valence-corrected chi connectivity index (χ4v) is 2.93. The molecule has 2 heterocycles. The Morgan fingerprint density at radius 1 is 1.24 bits per heavy atom. The van der Waals surface area contributed by atoms with Crippen molar-refractivity contribution in [3.63, 3.8) is 0 Å². The van der Waals surface area contributed by atoms with E-state index in [1.54, 1.807) is 0 Å². The summed E-state index contributed by atoms with van der Waals surface area (Å²) in [5.41, 5.74) is 0. The second-order valence-corrected chi connectivity index (χ2v) is 5.73. The third kappa shape index (κ3) is 3.65. The van der Waals surface area contributed by atoms with E-state index >= 15 is 0 Å². The van der Waals surface area contributed by atoms with E-state index in [2.05, 4.69) is 23.6 Å². The maximum atomic E-state index is 9.95. The molecule has 0 aliphatic carbocycles. The van der Waals surface area contributed by atoms with Gasteiger partial charge in [-0.1, -0.05) is 13.8 Å². The highest BCUT2D eigenvalue weighted by Crippen LogP contribution is 2.17. The molecular formula is C13H26N2O2. The van der Waals surface area contributed by atoms with Gasteiger partial charge >= 0.3 is 0 Å². The summed E-state index contributed by atoms with van der Waals surface area (Å²) in [7, 11) is 0. The average molecular weight is 242 g/mol. The molecule has 2 fully saturated rings. The van der Waals surface area contributed by atoms with Crippen molar-refractivity contribution in [2.24, 2.45) is 5.92 Å². The van der Waals surface area contributed by atoms with Gasteiger partial charge in [-0.2, -0.15) is 0 Å². The number of hydrogen-bond acceptors (Lipinski definition) is 4. The summed E-state index contributed by atoms with van der Waals surface area (Å²) in [5.74, 6) is 0.746. The number of ether oxygens (including phenoxy) is 1. The molecule has 2 saturated heterocycles. The van der Waals surface area contributed by atoms with Crippen molar-refractivity contribution in [1.29, 1.82) is 0 Å². The highest BCUT2D eigenvalue weighted by Gasteiger charge is 2.31. The van der Waals surface area contributed by atoms with Gasteiger partial charge in [0.05, 0.1) is 12.7 Å². The highest BCUT2D eigenvalue weighted by molar-refractivity contribution is 4.85. The minimum Gasteiger partial charge on any atom is -0.389 e. The second-order valence-electron chi connectivity index (χ2n) is 5.73. The lowest BCUT2D eigenvalue weighted by atomic mass is 10.0. The molecule has 17 heavy (non-hydrogen) atoms. The van der Waals surface area contributed by atoms with Crippen LogP contribution in [0.5, 0.6) is 0 Å². The maximum absolute atomic E-state index is 9.95. The minimum atomic E-state index is -0.291. The van der Waals surface area contributed by atoms with Gasteiger partial charge in [0.2, 0.25) is 0 Å². The first-order valence-electron chi connectivity index (χ1n) is 6.89. The first-order chi connectivity index (χ1) is 8.16. The molecule has 0 radical (unpaired) electrons. The molecule has 0 aromatic heterocycles. The third-order valence-electron chi connectivity index (χ3n) is 3.79. The third-order valence-corrected chi connectivity index (χ3v) is 3.79. The molecule has 0 saturated carbocycles. The van der Waals surface area contributed by atoms with Crippen LogP contribution in [0.2, 0.25) is 0 Å². The molecule has 2 unspecified atom stereocenters. The van der Waals surface area contributed by atoms with Crippen LogP contribution in [0, 0.1) is 5.92 Å². The van der Waals surface area contributed by atoms with Gasteiger partial charge in [-0.3, -0.25) is 4.90 Å². The molecule has 0 spiro atoms. The van der Waals surface area contributed by atoms with Crippen molar-refractivity contribution >= 4 is 0 Å². The van der Waals surface area contributed by atoms with Gasteiger partial charge < -0.3 is 14.7 Å². The zero-order valence-electron chi connectivity index (χ0n) is 11.1. The lowest BCUT2D eigenvalue weighted by Crippen LogP contribution is -2.56. The van der Waals surface area contributed by atoms with Crippen LogP contribution >= 0.6 is 0 Å². The smallest absolute Gasteiger partial charge is 0.0929 e. The number of aliphatic hydroxyl groups excluding tert-OH is 1. The monoisotopic (exact) mass is 242 g/mol. The van der Waals surface area contributed by atoms with E-state index in [1.165, 1.54) is 6.54 Å². The van der Waals surface area contributed by atoms with Crippen LogP contribution in [0.15, 0.2) is 0 Å². The van der Waals surface area contributed by atoms with E-state index in [-0.39, 0.29) is 6.10 Å². The highest BCUT2D eigenvalue weighted by atomic mass is 16.5. The Morgan fingerprint density at radius 3 is 2.53 bits per heavy atom. The van der Waals surface area contributed by atoms with Gasteiger partial charge in [0, 0.05) is 45.4 Å². The largest absolute Gasteiger partial charge is 0.389 e. The predicted octanol–water partition coefficient (Wildman–Crippen LogP) is 0.410. The summed E-state index contributed by atoms with van der Waals surface area (Å²) >= 11 is 0. The topological polar surface area (TPSA) is 35.9 Å². The van der Waals surface area contributed by atoms with E-state index in [4.69, 9.17) is 4.74 Å². The zero-order valence-corrected chi connectivity index (χ0v) is 11.1. The zero-order chi connectivity index (χ0) is 12.3. The van der Waals surface area contributed by atoms with Crippen LogP contribution in [-0.2, 0) is 4.74 Å². The molecule has 2 atom stereocenters. The van der Waals surface area contributed by atoms with Crippen molar-refractivity contribution < 1.29 is 9.84 Å². The first kappa shape index (κ1) is 13.3. The number of rotatable bonds is 3. The molecule has 1 N–H and O–H groups in total. The minimum absolute atomic E-state index is 0.291. The van der Waals surface area contributed by atoms with Gasteiger partial charge in [-0.25, -0.2) is 0 Å². The van der Waals surface area contributed by atoms with Crippen molar-refractivity contribution in [3.05, 3.63) is 0 Å². The molecule has 4 nitrogen and oxygen atoms in total. The van der Waals surface area contributed by atoms with Crippen LogP contribution in [0.4, 0.5) is 0 Å². The fourth-order valence-electron chi connectivity index (χ4n) is 2.93. The lowest BCUT2D eigenvalue weighted by Gasteiger charge is -2.42. The SMILES string of the molecule is CC(C)CN1CCN(C2CCOCC2O)CC1. The van der Waals surface area contributed by atoms with Gasteiger partial charge in [-0.15, -0.1) is 0 Å². The first-order valence-corrected chi connectivity index (χ1v) is 6.89. The summed E-state index contributed by atoms with van der Waals surface area (Å²) in [5, 5.41) is 9.95. The normalized spacial score (nSPS) is 33.2. The van der Waals surface area contributed by atoms with Crippen LogP contribution in [0.25, 0.3) is 0 Å². The van der Waals surface area contributed by atoms with E-state index in [1.807, 2.05) is 0 Å². The van der Waals surface area contributed by atoms with E-state index in [0.717, 1.165) is 45.1 Å². The molecule has 100 valence electrons. The Labute approximate surface area is 105 Å². The predicted molar refractivity (Wildman–Crippen MR) is 68.1 cm³/mol. The van der Waals surface area contributed by atoms with Crippen LogP contribution < -0.4 is 0 Å². The van der Waals surface area contributed by atoms with Gasteiger partial charge in [0.15, 0.2) is 0 Å². The van der Waals surface area contributed by atoms with Crippen molar-refractivity contribution in [3.8, 4) is 0 Å². The molecule has 0 bridgehead atoms. The Hall–Kier alpha value is -0.160. The number of nitrogens with zero attached hydrogens (tertiary/aromatic N) is 2. The summed E-state index contributed by atoms with van der Waals surface area (Å²) in [6.45, 7) is 11.5. The van der Waals surface area contributed by atoms with Gasteiger partial charge in [-0.05, 0) is 12.3 Å². The molecule has 0 amide bonds. The van der Waals surface area contributed by atoms with Crippen molar-refractivity contribution in [2.75, 3.05) is 45.9 Å². The van der Waals surface area contributed by atoms with E-state index in [0.29, 0.717) is 12.6 Å². The molecule has 2 rings (SSSR count). The molecule has 4 heteroatoms.